The molecule has 184 valence electrons. The Morgan fingerprint density at radius 3 is 2.53 bits per heavy atom. The van der Waals surface area contributed by atoms with Gasteiger partial charge in [0.05, 0.1) is 11.7 Å². The van der Waals surface area contributed by atoms with E-state index in [4.69, 9.17) is 0 Å². The van der Waals surface area contributed by atoms with Crippen molar-refractivity contribution in [1.82, 2.24) is 19.8 Å². The van der Waals surface area contributed by atoms with Crippen molar-refractivity contribution in [3.05, 3.63) is 94.6 Å². The number of hydrogen-bond acceptors (Lipinski definition) is 4. The van der Waals surface area contributed by atoms with Crippen LogP contribution in [-0.4, -0.2) is 52.4 Å². The minimum Gasteiger partial charge on any atom is -0.335 e. The van der Waals surface area contributed by atoms with Crippen LogP contribution in [0.5, 0.6) is 0 Å². The van der Waals surface area contributed by atoms with Crippen LogP contribution in [0.3, 0.4) is 0 Å². The second-order valence-corrected chi connectivity index (χ2v) is 9.13. The van der Waals surface area contributed by atoms with Crippen molar-refractivity contribution in [3.8, 4) is 11.1 Å². The van der Waals surface area contributed by atoms with Gasteiger partial charge in [0.25, 0.3) is 5.91 Å². The number of rotatable bonds is 6. The Morgan fingerprint density at radius 2 is 1.81 bits per heavy atom. The van der Waals surface area contributed by atoms with Gasteiger partial charge >= 0.3 is 0 Å². The molecular formula is C29H29FN4O2. The molecule has 0 aliphatic carbocycles. The first-order valence-corrected chi connectivity index (χ1v) is 12.4. The molecule has 0 spiro atoms. The number of halogens is 1. The van der Waals surface area contributed by atoms with Crippen molar-refractivity contribution < 1.29 is 14.0 Å². The fraction of sp³-hybridized carbons (Fsp3) is 0.276. The number of benzene rings is 2. The van der Waals surface area contributed by atoms with Crippen LogP contribution in [0.1, 0.15) is 50.9 Å². The smallest absolute Gasteiger partial charge is 0.272 e. The Morgan fingerprint density at radius 1 is 1.06 bits per heavy atom. The van der Waals surface area contributed by atoms with Crippen LogP contribution in [-0.2, 0) is 6.42 Å². The van der Waals surface area contributed by atoms with Gasteiger partial charge in [-0.3, -0.25) is 9.59 Å². The second kappa shape index (κ2) is 10.0. The quantitative estimate of drug-likeness (QED) is 0.404. The standard InChI is InChI=1S/C29H29FN4O2/c1-3-26(35)22-17-25-27(20-8-5-4-6-9-20)23(16-21-10-7-11-24(30)19(21)2)28(34(25)32-18-22)29(36)33-14-12-31-13-15-33/h4-11,17-18,31H,3,12-16H2,1-2H3. The van der Waals surface area contributed by atoms with E-state index in [1.54, 1.807) is 23.7 Å². The minimum atomic E-state index is -0.276. The van der Waals surface area contributed by atoms with E-state index >= 15 is 0 Å². The number of ketones is 1. The Bertz CT molecular complexity index is 1440. The maximum atomic E-state index is 14.5. The van der Waals surface area contributed by atoms with Gasteiger partial charge in [-0.05, 0) is 41.3 Å². The molecule has 0 unspecified atom stereocenters. The highest BCUT2D eigenvalue weighted by Crippen LogP contribution is 2.36. The summed E-state index contributed by atoms with van der Waals surface area (Å²) in [6, 6.07) is 16.7. The van der Waals surface area contributed by atoms with E-state index < -0.39 is 0 Å². The first kappa shape index (κ1) is 23.9. The van der Waals surface area contributed by atoms with Crippen LogP contribution < -0.4 is 5.32 Å². The molecule has 1 N–H and O–H groups in total. The molecule has 2 aromatic heterocycles. The highest BCUT2D eigenvalue weighted by molar-refractivity contribution is 6.03. The summed E-state index contributed by atoms with van der Waals surface area (Å²) in [6.45, 7) is 6.22. The number of Topliss-reactive ketones (excluding diaryl/α,β-unsaturated/α-hetero) is 1. The summed E-state index contributed by atoms with van der Waals surface area (Å²) >= 11 is 0. The van der Waals surface area contributed by atoms with Crippen LogP contribution in [0.15, 0.2) is 60.8 Å². The van der Waals surface area contributed by atoms with E-state index in [1.807, 2.05) is 54.3 Å². The lowest BCUT2D eigenvalue weighted by atomic mass is 9.93. The van der Waals surface area contributed by atoms with Crippen molar-refractivity contribution in [2.75, 3.05) is 26.2 Å². The topological polar surface area (TPSA) is 66.7 Å². The zero-order valence-corrected chi connectivity index (χ0v) is 20.6. The van der Waals surface area contributed by atoms with Crippen molar-refractivity contribution >= 4 is 17.2 Å². The molecule has 0 radical (unpaired) electrons. The third kappa shape index (κ3) is 4.31. The number of amides is 1. The lowest BCUT2D eigenvalue weighted by molar-refractivity contribution is 0.0726. The van der Waals surface area contributed by atoms with Gasteiger partial charge < -0.3 is 10.2 Å². The molecule has 1 aliphatic heterocycles. The number of carbonyl (C=O) groups excluding carboxylic acids is 2. The third-order valence-electron chi connectivity index (χ3n) is 6.95. The molecule has 1 fully saturated rings. The number of carbonyl (C=O) groups is 2. The van der Waals surface area contributed by atoms with Crippen LogP contribution in [0.25, 0.3) is 16.6 Å². The molecule has 0 atom stereocenters. The Hall–Kier alpha value is -3.84. The first-order valence-electron chi connectivity index (χ1n) is 12.4. The molecule has 5 rings (SSSR count). The number of nitrogens with zero attached hydrogens (tertiary/aromatic N) is 3. The highest BCUT2D eigenvalue weighted by atomic mass is 19.1. The predicted octanol–water partition coefficient (Wildman–Crippen LogP) is 4.68. The van der Waals surface area contributed by atoms with Crippen LogP contribution in [0.2, 0.25) is 0 Å². The molecule has 7 heteroatoms. The van der Waals surface area contributed by atoms with Crippen molar-refractivity contribution in [1.29, 1.82) is 0 Å². The molecule has 2 aromatic carbocycles. The molecule has 0 saturated carbocycles. The summed E-state index contributed by atoms with van der Waals surface area (Å²) in [5, 5.41) is 7.90. The first-order chi connectivity index (χ1) is 17.5. The van der Waals surface area contributed by atoms with Gasteiger partial charge in [-0.25, -0.2) is 8.91 Å². The molecule has 0 bridgehead atoms. The zero-order chi connectivity index (χ0) is 25.2. The maximum absolute atomic E-state index is 14.5. The maximum Gasteiger partial charge on any atom is 0.272 e. The Labute approximate surface area is 209 Å². The average Bonchev–Trinajstić information content (AvgIpc) is 3.24. The molecule has 6 nitrogen and oxygen atoms in total. The van der Waals surface area contributed by atoms with E-state index in [2.05, 4.69) is 10.4 Å². The van der Waals surface area contributed by atoms with Gasteiger partial charge in [0.1, 0.15) is 11.5 Å². The number of fused-ring (bicyclic) bond motifs is 1. The van der Waals surface area contributed by atoms with Gasteiger partial charge in [0.2, 0.25) is 0 Å². The van der Waals surface area contributed by atoms with Crippen LogP contribution in [0.4, 0.5) is 4.39 Å². The van der Waals surface area contributed by atoms with Crippen molar-refractivity contribution in [2.45, 2.75) is 26.7 Å². The molecule has 3 heterocycles. The molecule has 36 heavy (non-hydrogen) atoms. The summed E-state index contributed by atoms with van der Waals surface area (Å²) in [5.74, 6) is -0.399. The molecule has 1 saturated heterocycles. The van der Waals surface area contributed by atoms with Crippen LogP contribution in [0, 0.1) is 12.7 Å². The molecule has 4 aromatic rings. The highest BCUT2D eigenvalue weighted by Gasteiger charge is 2.30. The number of hydrogen-bond donors (Lipinski definition) is 1. The fourth-order valence-electron chi connectivity index (χ4n) is 4.91. The Kier molecular flexibility index (Phi) is 6.65. The summed E-state index contributed by atoms with van der Waals surface area (Å²) < 4.78 is 16.2. The fourth-order valence-corrected chi connectivity index (χ4v) is 4.91. The van der Waals surface area contributed by atoms with E-state index in [9.17, 15) is 14.0 Å². The molecular weight excluding hydrogens is 455 g/mol. The monoisotopic (exact) mass is 484 g/mol. The van der Waals surface area contributed by atoms with E-state index in [1.165, 1.54) is 6.07 Å². The summed E-state index contributed by atoms with van der Waals surface area (Å²) in [5.41, 5.74) is 5.58. The second-order valence-electron chi connectivity index (χ2n) is 9.13. The van der Waals surface area contributed by atoms with Gasteiger partial charge in [0, 0.05) is 50.1 Å². The van der Waals surface area contributed by atoms with E-state index in [0.717, 1.165) is 35.3 Å². The van der Waals surface area contributed by atoms with E-state index in [0.29, 0.717) is 48.3 Å². The summed E-state index contributed by atoms with van der Waals surface area (Å²) in [6.07, 6.45) is 2.27. The molecule has 1 amide bonds. The van der Waals surface area contributed by atoms with Gasteiger partial charge in [-0.2, -0.15) is 5.10 Å². The number of piperazine rings is 1. The van der Waals surface area contributed by atoms with Crippen molar-refractivity contribution in [2.24, 2.45) is 0 Å². The molecule has 1 aliphatic rings. The summed E-state index contributed by atoms with van der Waals surface area (Å²) in [4.78, 5) is 28.4. The Balaban J connectivity index is 1.81. The largest absolute Gasteiger partial charge is 0.335 e. The average molecular weight is 485 g/mol. The van der Waals surface area contributed by atoms with Gasteiger partial charge in [-0.1, -0.05) is 49.4 Å². The SMILES string of the molecule is CCC(=O)c1cnn2c(C(=O)N3CCNCC3)c(Cc3cccc(F)c3C)c(-c3ccccc3)c2c1. The van der Waals surface area contributed by atoms with Crippen molar-refractivity contribution in [3.63, 3.8) is 0 Å². The normalized spacial score (nSPS) is 13.8. The number of aromatic nitrogens is 2. The summed E-state index contributed by atoms with van der Waals surface area (Å²) in [7, 11) is 0. The lowest BCUT2D eigenvalue weighted by Gasteiger charge is -2.27. The lowest BCUT2D eigenvalue weighted by Crippen LogP contribution is -2.47. The predicted molar refractivity (Wildman–Crippen MR) is 138 cm³/mol. The van der Waals surface area contributed by atoms with Crippen LogP contribution >= 0.6 is 0 Å². The third-order valence-corrected chi connectivity index (χ3v) is 6.95. The van der Waals surface area contributed by atoms with Gasteiger partial charge in [0.15, 0.2) is 5.78 Å². The van der Waals surface area contributed by atoms with Gasteiger partial charge in [-0.15, -0.1) is 0 Å². The minimum absolute atomic E-state index is 0.0114. The zero-order valence-electron chi connectivity index (χ0n) is 20.6. The van der Waals surface area contributed by atoms with E-state index in [-0.39, 0.29) is 17.5 Å². The number of nitrogens with one attached hydrogen (secondary N) is 1.